The third kappa shape index (κ3) is 3.64. The van der Waals surface area contributed by atoms with Crippen LogP contribution in [0.2, 0.25) is 0 Å². The lowest BCUT2D eigenvalue weighted by Gasteiger charge is -2.29. The number of aromatic nitrogens is 2. The highest BCUT2D eigenvalue weighted by molar-refractivity contribution is 5.90. The van der Waals surface area contributed by atoms with Gasteiger partial charge in [-0.2, -0.15) is 0 Å². The van der Waals surface area contributed by atoms with Crippen molar-refractivity contribution in [3.8, 4) is 0 Å². The van der Waals surface area contributed by atoms with Crippen LogP contribution in [-0.4, -0.2) is 59.2 Å². The molecule has 0 aromatic carbocycles. The number of carboxylic acids is 1. The molecular formula is C13H20N4O2. The fourth-order valence-corrected chi connectivity index (χ4v) is 2.34. The zero-order chi connectivity index (χ0) is 13.7. The number of carbonyl (C=O) groups is 1. The van der Waals surface area contributed by atoms with Gasteiger partial charge in [-0.1, -0.05) is 6.42 Å². The Bertz CT molecular complexity index is 432. The predicted octanol–water partition coefficient (Wildman–Crippen LogP) is 1.10. The van der Waals surface area contributed by atoms with Crippen molar-refractivity contribution in [1.29, 1.82) is 0 Å². The number of nitrogens with zero attached hydrogens (tertiary/aromatic N) is 4. The van der Waals surface area contributed by atoms with Crippen molar-refractivity contribution in [3.63, 3.8) is 0 Å². The van der Waals surface area contributed by atoms with Crippen molar-refractivity contribution in [1.82, 2.24) is 14.9 Å². The van der Waals surface area contributed by atoms with Gasteiger partial charge in [0.1, 0.15) is 0 Å². The van der Waals surface area contributed by atoms with E-state index in [2.05, 4.69) is 14.9 Å². The average Bonchev–Trinajstić information content (AvgIpc) is 2.46. The summed E-state index contributed by atoms with van der Waals surface area (Å²) in [5, 5.41) is 9.09. The zero-order valence-electron chi connectivity index (χ0n) is 11.2. The van der Waals surface area contributed by atoms with Crippen molar-refractivity contribution in [3.05, 3.63) is 18.1 Å². The van der Waals surface area contributed by atoms with Gasteiger partial charge in [0, 0.05) is 32.5 Å². The van der Waals surface area contributed by atoms with Crippen LogP contribution >= 0.6 is 0 Å². The Labute approximate surface area is 113 Å². The van der Waals surface area contributed by atoms with Crippen LogP contribution < -0.4 is 4.90 Å². The van der Waals surface area contributed by atoms with Crippen LogP contribution in [0.25, 0.3) is 0 Å². The van der Waals surface area contributed by atoms with Gasteiger partial charge < -0.3 is 14.9 Å². The van der Waals surface area contributed by atoms with Crippen molar-refractivity contribution in [2.24, 2.45) is 0 Å². The summed E-state index contributed by atoms with van der Waals surface area (Å²) in [7, 11) is 1.86. The van der Waals surface area contributed by atoms with Crippen molar-refractivity contribution in [2.45, 2.75) is 19.3 Å². The molecule has 1 aromatic heterocycles. The first-order valence-corrected chi connectivity index (χ1v) is 6.66. The second-order valence-corrected chi connectivity index (χ2v) is 4.86. The summed E-state index contributed by atoms with van der Waals surface area (Å²) in [6.45, 7) is 3.98. The molecule has 6 nitrogen and oxygen atoms in total. The molecule has 1 N–H and O–H groups in total. The summed E-state index contributed by atoms with van der Waals surface area (Å²) >= 11 is 0. The minimum Gasteiger partial charge on any atom is -0.476 e. The first-order chi connectivity index (χ1) is 9.18. The number of piperidine rings is 1. The van der Waals surface area contributed by atoms with E-state index in [0.717, 1.165) is 26.2 Å². The number of carboxylic acid groups (broad SMARTS) is 1. The average molecular weight is 264 g/mol. The molecule has 0 atom stereocenters. The van der Waals surface area contributed by atoms with Gasteiger partial charge >= 0.3 is 5.97 Å². The molecule has 0 saturated carbocycles. The van der Waals surface area contributed by atoms with Gasteiger partial charge in [0.2, 0.25) is 0 Å². The van der Waals surface area contributed by atoms with Crippen LogP contribution in [0.3, 0.4) is 0 Å². The van der Waals surface area contributed by atoms with Crippen molar-refractivity contribution in [2.75, 3.05) is 38.1 Å². The number of hydrogen-bond donors (Lipinski definition) is 1. The Morgan fingerprint density at radius 3 is 2.68 bits per heavy atom. The summed E-state index contributed by atoms with van der Waals surface area (Å²) in [5.41, 5.74) is 0.0173. The molecule has 1 aliphatic rings. The molecular weight excluding hydrogens is 244 g/mol. The highest BCUT2D eigenvalue weighted by atomic mass is 16.4. The highest BCUT2D eigenvalue weighted by Crippen LogP contribution is 2.14. The van der Waals surface area contributed by atoms with Gasteiger partial charge in [0.05, 0.1) is 0 Å². The second kappa shape index (κ2) is 6.47. The van der Waals surface area contributed by atoms with E-state index < -0.39 is 5.97 Å². The van der Waals surface area contributed by atoms with E-state index in [1.165, 1.54) is 31.7 Å². The third-order valence-electron chi connectivity index (χ3n) is 3.44. The molecule has 1 aliphatic heterocycles. The maximum absolute atomic E-state index is 11.1. The quantitative estimate of drug-likeness (QED) is 0.858. The summed E-state index contributed by atoms with van der Waals surface area (Å²) in [5.74, 6) is -0.597. The molecule has 0 radical (unpaired) electrons. The maximum Gasteiger partial charge on any atom is 0.358 e. The zero-order valence-corrected chi connectivity index (χ0v) is 11.2. The van der Waals surface area contributed by atoms with E-state index in [1.54, 1.807) is 0 Å². The third-order valence-corrected chi connectivity index (χ3v) is 3.44. The Morgan fingerprint density at radius 2 is 2.00 bits per heavy atom. The Balaban J connectivity index is 1.95. The number of likely N-dealkylation sites (N-methyl/N-ethyl adjacent to an activating group) is 1. The fourth-order valence-electron chi connectivity index (χ4n) is 2.34. The Hall–Kier alpha value is -1.69. The monoisotopic (exact) mass is 264 g/mol. The van der Waals surface area contributed by atoms with E-state index in [9.17, 15) is 4.79 Å². The maximum atomic E-state index is 11.1. The molecule has 0 amide bonds. The molecule has 0 bridgehead atoms. The lowest BCUT2D eigenvalue weighted by atomic mass is 10.1. The van der Waals surface area contributed by atoms with Crippen molar-refractivity contribution < 1.29 is 9.90 Å². The van der Waals surface area contributed by atoms with Crippen LogP contribution in [0.5, 0.6) is 0 Å². The Morgan fingerprint density at radius 1 is 1.32 bits per heavy atom. The number of aromatic carboxylic acids is 1. The predicted molar refractivity (Wildman–Crippen MR) is 72.6 cm³/mol. The molecule has 19 heavy (non-hydrogen) atoms. The van der Waals surface area contributed by atoms with Crippen LogP contribution in [0.15, 0.2) is 12.4 Å². The molecule has 6 heteroatoms. The van der Waals surface area contributed by atoms with E-state index in [-0.39, 0.29) is 5.69 Å². The van der Waals surface area contributed by atoms with E-state index in [1.807, 2.05) is 11.9 Å². The van der Waals surface area contributed by atoms with E-state index in [0.29, 0.717) is 5.82 Å². The molecule has 1 saturated heterocycles. The van der Waals surface area contributed by atoms with E-state index >= 15 is 0 Å². The normalized spacial score (nSPS) is 16.3. The second-order valence-electron chi connectivity index (χ2n) is 4.86. The van der Waals surface area contributed by atoms with Crippen molar-refractivity contribution >= 4 is 11.8 Å². The van der Waals surface area contributed by atoms with Gasteiger partial charge in [0.15, 0.2) is 11.5 Å². The Kier molecular flexibility index (Phi) is 4.68. The van der Waals surface area contributed by atoms with Gasteiger partial charge in [-0.15, -0.1) is 0 Å². The summed E-state index contributed by atoms with van der Waals surface area (Å²) in [6.07, 6.45) is 6.77. The molecule has 104 valence electrons. The van der Waals surface area contributed by atoms with Gasteiger partial charge in [0.25, 0.3) is 0 Å². The first-order valence-electron chi connectivity index (χ1n) is 6.66. The molecule has 2 rings (SSSR count). The molecule has 2 heterocycles. The van der Waals surface area contributed by atoms with E-state index in [4.69, 9.17) is 5.11 Å². The molecule has 1 fully saturated rings. The van der Waals surface area contributed by atoms with Crippen LogP contribution in [0.1, 0.15) is 29.8 Å². The summed E-state index contributed by atoms with van der Waals surface area (Å²) < 4.78 is 0. The number of hydrogen-bond acceptors (Lipinski definition) is 5. The summed E-state index contributed by atoms with van der Waals surface area (Å²) in [6, 6.07) is 0. The van der Waals surface area contributed by atoms with Crippen LogP contribution in [-0.2, 0) is 0 Å². The van der Waals surface area contributed by atoms with Gasteiger partial charge in [-0.05, 0) is 25.9 Å². The number of likely N-dealkylation sites (tertiary alicyclic amines) is 1. The molecule has 0 aliphatic carbocycles. The largest absolute Gasteiger partial charge is 0.476 e. The first kappa shape index (κ1) is 13.7. The smallest absolute Gasteiger partial charge is 0.358 e. The minimum absolute atomic E-state index is 0.0173. The lowest BCUT2D eigenvalue weighted by Crippen LogP contribution is -2.37. The number of anilines is 1. The molecule has 1 aromatic rings. The topological polar surface area (TPSA) is 69.6 Å². The lowest BCUT2D eigenvalue weighted by molar-refractivity contribution is 0.0690. The van der Waals surface area contributed by atoms with Crippen LogP contribution in [0.4, 0.5) is 5.82 Å². The molecule has 0 spiro atoms. The summed E-state index contributed by atoms with van der Waals surface area (Å²) in [4.78, 5) is 23.4. The molecule has 0 unspecified atom stereocenters. The SMILES string of the molecule is CN(CCN1CCCCC1)c1nccnc1C(=O)O. The van der Waals surface area contributed by atoms with Gasteiger partial charge in [-0.25, -0.2) is 14.8 Å². The standard InChI is InChI=1S/C13H20N4O2/c1-16(9-10-17-7-3-2-4-8-17)12-11(13(18)19)14-5-6-15-12/h5-6H,2-4,7-10H2,1H3,(H,18,19). The highest BCUT2D eigenvalue weighted by Gasteiger charge is 2.17. The van der Waals surface area contributed by atoms with Gasteiger partial charge in [-0.3, -0.25) is 0 Å². The number of rotatable bonds is 5. The minimum atomic E-state index is -1.03. The van der Waals surface area contributed by atoms with Crippen LogP contribution in [0, 0.1) is 0 Å². The fraction of sp³-hybridized carbons (Fsp3) is 0.615.